The normalized spacial score (nSPS) is 10.4. The third-order valence-electron chi connectivity index (χ3n) is 2.76. The average molecular weight is 357 g/mol. The number of nitrogens with one attached hydrogen (secondary N) is 1. The third-order valence-corrected chi connectivity index (χ3v) is 3.32. The lowest BCUT2D eigenvalue weighted by atomic mass is 10.1. The highest BCUT2D eigenvalue weighted by molar-refractivity contribution is 9.10. The van der Waals surface area contributed by atoms with Crippen molar-refractivity contribution in [3.63, 3.8) is 0 Å². The molecule has 1 heterocycles. The Morgan fingerprint density at radius 1 is 1.43 bits per heavy atom. The maximum atomic E-state index is 13.8. The van der Waals surface area contributed by atoms with Crippen LogP contribution in [-0.4, -0.2) is 22.6 Å². The van der Waals surface area contributed by atoms with Gasteiger partial charge >= 0.3 is 11.7 Å². The second-order valence-corrected chi connectivity index (χ2v) is 5.02. The molecule has 0 atom stereocenters. The van der Waals surface area contributed by atoms with Crippen LogP contribution in [0.15, 0.2) is 38.5 Å². The van der Waals surface area contributed by atoms with Gasteiger partial charge < -0.3 is 4.74 Å². The number of halogens is 2. The zero-order chi connectivity index (χ0) is 15.6. The topological polar surface area (TPSA) is 81.2 Å². The molecule has 8 heteroatoms. The van der Waals surface area contributed by atoms with E-state index in [-0.39, 0.29) is 16.6 Å². The molecular weight excluding hydrogens is 347 g/mol. The Kier molecular flexibility index (Phi) is 4.37. The van der Waals surface area contributed by atoms with Crippen LogP contribution >= 0.6 is 15.9 Å². The molecule has 110 valence electrons. The molecule has 0 aliphatic heterocycles. The minimum Gasteiger partial charge on any atom is -0.465 e. The lowest BCUT2D eigenvalue weighted by Crippen LogP contribution is -2.30. The van der Waals surface area contributed by atoms with E-state index in [1.807, 2.05) is 0 Å². The molecule has 2 rings (SSSR count). The second-order valence-electron chi connectivity index (χ2n) is 4.17. The summed E-state index contributed by atoms with van der Waals surface area (Å²) in [6.45, 7) is 0.0482. The van der Waals surface area contributed by atoms with Crippen molar-refractivity contribution in [2.24, 2.45) is 0 Å². The van der Waals surface area contributed by atoms with Gasteiger partial charge in [-0.15, -0.1) is 0 Å². The van der Waals surface area contributed by atoms with Crippen molar-refractivity contribution in [2.45, 2.75) is 6.54 Å². The summed E-state index contributed by atoms with van der Waals surface area (Å²) in [6.07, 6.45) is 1.31. The van der Waals surface area contributed by atoms with Crippen molar-refractivity contribution in [3.05, 3.63) is 66.7 Å². The van der Waals surface area contributed by atoms with Gasteiger partial charge in [-0.1, -0.05) is 6.07 Å². The number of rotatable bonds is 3. The molecule has 0 saturated carbocycles. The smallest absolute Gasteiger partial charge is 0.340 e. The first-order valence-electron chi connectivity index (χ1n) is 5.78. The van der Waals surface area contributed by atoms with Crippen molar-refractivity contribution < 1.29 is 13.9 Å². The molecule has 0 saturated heterocycles. The predicted octanol–water partition coefficient (Wildman–Crippen LogP) is 1.27. The van der Waals surface area contributed by atoms with Gasteiger partial charge in [-0.25, -0.2) is 14.0 Å². The van der Waals surface area contributed by atoms with E-state index < -0.39 is 23.0 Å². The van der Waals surface area contributed by atoms with Crippen LogP contribution in [0.4, 0.5) is 4.39 Å². The fourth-order valence-corrected chi connectivity index (χ4v) is 2.08. The molecule has 0 aliphatic carbocycles. The molecule has 21 heavy (non-hydrogen) atoms. The van der Waals surface area contributed by atoms with Crippen LogP contribution < -0.4 is 11.2 Å². The maximum absolute atomic E-state index is 13.8. The molecule has 1 N–H and O–H groups in total. The highest BCUT2D eigenvalue weighted by Gasteiger charge is 2.12. The number of carbonyl (C=O) groups is 1. The van der Waals surface area contributed by atoms with Gasteiger partial charge in [0.05, 0.1) is 23.7 Å². The number of ether oxygens (including phenoxy) is 1. The summed E-state index contributed by atoms with van der Waals surface area (Å²) in [5, 5.41) is 0. The number of carbonyl (C=O) groups excluding carboxylic acids is 1. The largest absolute Gasteiger partial charge is 0.465 e. The fourth-order valence-electron chi connectivity index (χ4n) is 1.73. The molecule has 0 aliphatic rings. The summed E-state index contributed by atoms with van der Waals surface area (Å²) in [7, 11) is 1.16. The summed E-state index contributed by atoms with van der Waals surface area (Å²) in [5.41, 5.74) is -0.874. The lowest BCUT2D eigenvalue weighted by Gasteiger charge is -2.07. The summed E-state index contributed by atoms with van der Waals surface area (Å²) in [6, 6.07) is 3.92. The van der Waals surface area contributed by atoms with Gasteiger partial charge in [0.2, 0.25) is 0 Å². The Labute approximate surface area is 126 Å². The molecule has 0 amide bonds. The first-order chi connectivity index (χ1) is 9.92. The molecule has 1 aromatic heterocycles. The van der Waals surface area contributed by atoms with Gasteiger partial charge in [-0.3, -0.25) is 14.3 Å². The van der Waals surface area contributed by atoms with E-state index in [4.69, 9.17) is 0 Å². The van der Waals surface area contributed by atoms with E-state index >= 15 is 0 Å². The van der Waals surface area contributed by atoms with Crippen molar-refractivity contribution in [3.8, 4) is 0 Å². The molecule has 0 unspecified atom stereocenters. The van der Waals surface area contributed by atoms with E-state index in [0.717, 1.165) is 13.2 Å². The monoisotopic (exact) mass is 356 g/mol. The average Bonchev–Trinajstić information content (AvgIpc) is 2.44. The molecule has 6 nitrogen and oxygen atoms in total. The Morgan fingerprint density at radius 2 is 2.14 bits per heavy atom. The van der Waals surface area contributed by atoms with Crippen LogP contribution in [-0.2, 0) is 11.3 Å². The van der Waals surface area contributed by atoms with Crippen molar-refractivity contribution >= 4 is 21.9 Å². The van der Waals surface area contributed by atoms with Crippen LogP contribution in [0.25, 0.3) is 0 Å². The second kappa shape index (κ2) is 6.04. The molecule has 0 radical (unpaired) electrons. The first-order valence-corrected chi connectivity index (χ1v) is 6.57. The van der Waals surface area contributed by atoms with Crippen LogP contribution in [0.5, 0.6) is 0 Å². The molecule has 0 fully saturated rings. The maximum Gasteiger partial charge on any atom is 0.340 e. The van der Waals surface area contributed by atoms with Crippen LogP contribution in [0.2, 0.25) is 0 Å². The van der Waals surface area contributed by atoms with Crippen LogP contribution in [0, 0.1) is 5.82 Å². The fraction of sp³-hybridized carbons (Fsp3) is 0.154. The minimum absolute atomic E-state index is 0.0482. The number of nitrogens with zero attached hydrogens (tertiary/aromatic N) is 1. The van der Waals surface area contributed by atoms with Gasteiger partial charge in [0.1, 0.15) is 5.82 Å². The zero-order valence-corrected chi connectivity index (χ0v) is 12.4. The van der Waals surface area contributed by atoms with E-state index in [9.17, 15) is 18.8 Å². The molecular formula is C13H10BrFN2O4. The number of hydrogen-bond acceptors (Lipinski definition) is 4. The number of benzene rings is 1. The van der Waals surface area contributed by atoms with E-state index in [0.29, 0.717) is 5.56 Å². The predicted molar refractivity (Wildman–Crippen MR) is 75.9 cm³/mol. The van der Waals surface area contributed by atoms with Crippen LogP contribution in [0.1, 0.15) is 15.9 Å². The molecule has 2 aromatic rings. The summed E-state index contributed by atoms with van der Waals surface area (Å²) in [4.78, 5) is 36.2. The van der Waals surface area contributed by atoms with Crippen molar-refractivity contribution in [2.75, 3.05) is 7.11 Å². The van der Waals surface area contributed by atoms with E-state index in [1.54, 1.807) is 0 Å². The lowest BCUT2D eigenvalue weighted by molar-refractivity contribution is 0.0595. The molecule has 0 bridgehead atoms. The number of esters is 1. The number of aromatic amines is 1. The highest BCUT2D eigenvalue weighted by atomic mass is 79.9. The summed E-state index contributed by atoms with van der Waals surface area (Å²) < 4.78 is 19.6. The highest BCUT2D eigenvalue weighted by Crippen LogP contribution is 2.12. The Bertz CT molecular complexity index is 813. The number of methoxy groups -OCH3 is 1. The Balaban J connectivity index is 2.35. The molecule has 1 aromatic carbocycles. The van der Waals surface area contributed by atoms with Gasteiger partial charge in [0.15, 0.2) is 0 Å². The van der Waals surface area contributed by atoms with Crippen molar-refractivity contribution in [1.29, 1.82) is 0 Å². The molecule has 0 spiro atoms. The number of H-pyrrole nitrogens is 1. The van der Waals surface area contributed by atoms with Crippen LogP contribution in [0.3, 0.4) is 0 Å². The van der Waals surface area contributed by atoms with Crippen molar-refractivity contribution in [1.82, 2.24) is 9.55 Å². The summed E-state index contributed by atoms with van der Waals surface area (Å²) in [5.74, 6) is -1.51. The van der Waals surface area contributed by atoms with Gasteiger partial charge in [-0.2, -0.15) is 0 Å². The van der Waals surface area contributed by atoms with Gasteiger partial charge in [0, 0.05) is 6.20 Å². The quantitative estimate of drug-likeness (QED) is 0.839. The summed E-state index contributed by atoms with van der Waals surface area (Å²) >= 11 is 3.01. The third kappa shape index (κ3) is 3.27. The van der Waals surface area contributed by atoms with E-state index in [2.05, 4.69) is 25.7 Å². The minimum atomic E-state index is -0.775. The van der Waals surface area contributed by atoms with Gasteiger partial charge in [-0.05, 0) is 33.6 Å². The van der Waals surface area contributed by atoms with E-state index in [1.165, 1.54) is 22.9 Å². The Morgan fingerprint density at radius 3 is 2.76 bits per heavy atom. The zero-order valence-electron chi connectivity index (χ0n) is 10.9. The SMILES string of the molecule is COC(=O)c1ccc(Cn2cc(Br)c(=O)[nH]c2=O)cc1F. The Hall–Kier alpha value is -2.22. The standard InChI is InChI=1S/C13H10BrFN2O4/c1-21-12(19)8-3-2-7(4-10(8)15)5-17-6-9(14)11(18)16-13(17)20/h2-4,6H,5H2,1H3,(H,16,18,20). The van der Waals surface area contributed by atoms with Gasteiger partial charge in [0.25, 0.3) is 5.56 Å². The number of hydrogen-bond donors (Lipinski definition) is 1. The first kappa shape index (κ1) is 15.2. The number of aromatic nitrogens is 2.